The second-order valence-corrected chi connectivity index (χ2v) is 6.44. The number of aromatic amines is 1. The molecule has 0 atom stereocenters. The van der Waals surface area contributed by atoms with Crippen molar-refractivity contribution >= 4 is 17.3 Å². The lowest BCUT2D eigenvalue weighted by Gasteiger charge is -2.04. The van der Waals surface area contributed by atoms with Crippen molar-refractivity contribution in [3.8, 4) is 27.7 Å². The molecule has 2 aromatic heterocycles. The summed E-state index contributed by atoms with van der Waals surface area (Å²) in [6.45, 7) is 5.94. The van der Waals surface area contributed by atoms with Crippen molar-refractivity contribution in [3.05, 3.63) is 46.5 Å². The zero-order valence-corrected chi connectivity index (χ0v) is 15.5. The zero-order valence-electron chi connectivity index (χ0n) is 14.7. The van der Waals surface area contributed by atoms with Crippen LogP contribution < -0.4 is 4.74 Å². The van der Waals surface area contributed by atoms with E-state index in [2.05, 4.69) is 4.98 Å². The van der Waals surface area contributed by atoms with Gasteiger partial charge in [0.15, 0.2) is 0 Å². The number of aromatic nitrogens is 2. The van der Waals surface area contributed by atoms with Crippen LogP contribution in [0.1, 0.15) is 28.5 Å². The number of nitrogens with zero attached hydrogens (tertiary/aromatic N) is 1. The van der Waals surface area contributed by atoms with E-state index in [9.17, 15) is 4.79 Å². The Labute approximate surface area is 150 Å². The fourth-order valence-electron chi connectivity index (χ4n) is 2.85. The number of ether oxygens (including phenoxy) is 2. The molecule has 6 heteroatoms. The van der Waals surface area contributed by atoms with Crippen LogP contribution in [-0.4, -0.2) is 29.7 Å². The van der Waals surface area contributed by atoms with E-state index in [0.717, 1.165) is 39.0 Å². The van der Waals surface area contributed by atoms with Crippen LogP contribution in [0.3, 0.4) is 0 Å². The van der Waals surface area contributed by atoms with Crippen molar-refractivity contribution in [1.29, 1.82) is 0 Å². The highest BCUT2D eigenvalue weighted by Gasteiger charge is 2.21. The summed E-state index contributed by atoms with van der Waals surface area (Å²) in [5.74, 6) is 0.482. The number of hydrogen-bond donors (Lipinski definition) is 1. The maximum absolute atomic E-state index is 12.2. The SMILES string of the molecule is CCOC(=O)c1c(C)[nH]c(-c2csc(-c3ccccc3OC)n2)c1C. The molecule has 0 unspecified atom stereocenters. The van der Waals surface area contributed by atoms with Gasteiger partial charge < -0.3 is 14.5 Å². The molecule has 2 heterocycles. The number of H-pyrrole nitrogens is 1. The molecular weight excluding hydrogens is 336 g/mol. The maximum atomic E-state index is 12.2. The van der Waals surface area contributed by atoms with E-state index in [1.165, 1.54) is 0 Å². The minimum Gasteiger partial charge on any atom is -0.496 e. The average molecular weight is 356 g/mol. The molecule has 0 fully saturated rings. The first kappa shape index (κ1) is 17.2. The van der Waals surface area contributed by atoms with Crippen LogP contribution in [0.25, 0.3) is 22.0 Å². The fraction of sp³-hybridized carbons (Fsp3) is 0.263. The van der Waals surface area contributed by atoms with Gasteiger partial charge in [-0.25, -0.2) is 9.78 Å². The molecule has 1 aromatic carbocycles. The van der Waals surface area contributed by atoms with Gasteiger partial charge in [-0.2, -0.15) is 0 Å². The normalized spacial score (nSPS) is 10.7. The number of aryl methyl sites for hydroxylation is 1. The van der Waals surface area contributed by atoms with E-state index in [-0.39, 0.29) is 5.97 Å². The first-order valence-electron chi connectivity index (χ1n) is 8.02. The summed E-state index contributed by atoms with van der Waals surface area (Å²) in [6.07, 6.45) is 0. The highest BCUT2D eigenvalue weighted by molar-refractivity contribution is 7.13. The Morgan fingerprint density at radius 3 is 2.76 bits per heavy atom. The summed E-state index contributed by atoms with van der Waals surface area (Å²) in [6, 6.07) is 7.79. The van der Waals surface area contributed by atoms with E-state index < -0.39 is 0 Å². The maximum Gasteiger partial charge on any atom is 0.340 e. The number of para-hydroxylation sites is 1. The molecule has 0 aliphatic carbocycles. The molecule has 0 radical (unpaired) electrons. The van der Waals surface area contributed by atoms with E-state index in [1.54, 1.807) is 25.4 Å². The minimum absolute atomic E-state index is 0.305. The van der Waals surface area contributed by atoms with Crippen LogP contribution in [0.2, 0.25) is 0 Å². The van der Waals surface area contributed by atoms with Crippen LogP contribution in [0.4, 0.5) is 0 Å². The van der Waals surface area contributed by atoms with Gasteiger partial charge >= 0.3 is 5.97 Å². The molecule has 3 aromatic rings. The van der Waals surface area contributed by atoms with Gasteiger partial charge in [-0.1, -0.05) is 12.1 Å². The highest BCUT2D eigenvalue weighted by atomic mass is 32.1. The fourth-order valence-corrected chi connectivity index (χ4v) is 3.69. The molecule has 0 amide bonds. The molecule has 0 bridgehead atoms. The number of methoxy groups -OCH3 is 1. The van der Waals surface area contributed by atoms with Gasteiger partial charge in [0.25, 0.3) is 0 Å². The van der Waals surface area contributed by atoms with E-state index in [4.69, 9.17) is 14.5 Å². The molecule has 0 saturated carbocycles. The number of esters is 1. The van der Waals surface area contributed by atoms with Crippen LogP contribution in [0.5, 0.6) is 5.75 Å². The highest BCUT2D eigenvalue weighted by Crippen LogP contribution is 2.35. The second-order valence-electron chi connectivity index (χ2n) is 5.58. The summed E-state index contributed by atoms with van der Waals surface area (Å²) in [5.41, 5.74) is 4.84. The third kappa shape index (κ3) is 3.17. The molecule has 3 rings (SSSR count). The van der Waals surface area contributed by atoms with Crippen LogP contribution >= 0.6 is 11.3 Å². The molecule has 5 nitrogen and oxygen atoms in total. The quantitative estimate of drug-likeness (QED) is 0.678. The van der Waals surface area contributed by atoms with Crippen molar-refractivity contribution in [1.82, 2.24) is 9.97 Å². The number of nitrogens with one attached hydrogen (secondary N) is 1. The van der Waals surface area contributed by atoms with Gasteiger partial charge in [-0.3, -0.25) is 0 Å². The van der Waals surface area contributed by atoms with Gasteiger partial charge in [0.05, 0.1) is 36.2 Å². The Kier molecular flexibility index (Phi) is 4.90. The Morgan fingerprint density at radius 2 is 2.04 bits per heavy atom. The van der Waals surface area contributed by atoms with E-state index >= 15 is 0 Å². The van der Waals surface area contributed by atoms with Crippen molar-refractivity contribution in [3.63, 3.8) is 0 Å². The Hall–Kier alpha value is -2.60. The van der Waals surface area contributed by atoms with Crippen LogP contribution in [0, 0.1) is 13.8 Å². The number of thiazole rings is 1. The number of rotatable bonds is 5. The smallest absolute Gasteiger partial charge is 0.340 e. The van der Waals surface area contributed by atoms with Crippen molar-refractivity contribution < 1.29 is 14.3 Å². The molecular formula is C19H20N2O3S. The lowest BCUT2D eigenvalue weighted by Crippen LogP contribution is -2.06. The summed E-state index contributed by atoms with van der Waals surface area (Å²) >= 11 is 1.54. The second kappa shape index (κ2) is 7.11. The summed E-state index contributed by atoms with van der Waals surface area (Å²) < 4.78 is 10.6. The summed E-state index contributed by atoms with van der Waals surface area (Å²) in [4.78, 5) is 20.2. The topological polar surface area (TPSA) is 64.2 Å². The van der Waals surface area contributed by atoms with Crippen molar-refractivity contribution in [2.45, 2.75) is 20.8 Å². The summed E-state index contributed by atoms with van der Waals surface area (Å²) in [7, 11) is 1.65. The van der Waals surface area contributed by atoms with E-state index in [0.29, 0.717) is 12.2 Å². The first-order valence-corrected chi connectivity index (χ1v) is 8.90. The van der Waals surface area contributed by atoms with Gasteiger partial charge in [-0.15, -0.1) is 11.3 Å². The number of benzene rings is 1. The molecule has 0 aliphatic heterocycles. The Morgan fingerprint density at radius 1 is 1.28 bits per heavy atom. The zero-order chi connectivity index (χ0) is 18.0. The van der Waals surface area contributed by atoms with Crippen LogP contribution in [0.15, 0.2) is 29.6 Å². The predicted octanol–water partition coefficient (Wildman–Crippen LogP) is 4.61. The monoisotopic (exact) mass is 356 g/mol. The first-order chi connectivity index (χ1) is 12.1. The molecule has 0 aliphatic rings. The predicted molar refractivity (Wildman–Crippen MR) is 99.3 cm³/mol. The number of carbonyl (C=O) groups excluding carboxylic acids is 1. The summed E-state index contributed by atoms with van der Waals surface area (Å²) in [5, 5.41) is 2.85. The number of carbonyl (C=O) groups is 1. The molecule has 25 heavy (non-hydrogen) atoms. The van der Waals surface area contributed by atoms with Crippen molar-refractivity contribution in [2.75, 3.05) is 13.7 Å². The van der Waals surface area contributed by atoms with Gasteiger partial charge in [0, 0.05) is 11.1 Å². The van der Waals surface area contributed by atoms with E-state index in [1.807, 2.05) is 43.5 Å². The van der Waals surface area contributed by atoms with Gasteiger partial charge in [0.2, 0.25) is 0 Å². The third-order valence-electron chi connectivity index (χ3n) is 4.01. The third-order valence-corrected chi connectivity index (χ3v) is 4.89. The van der Waals surface area contributed by atoms with Crippen LogP contribution in [-0.2, 0) is 4.74 Å². The Balaban J connectivity index is 2.01. The molecule has 0 saturated heterocycles. The lowest BCUT2D eigenvalue weighted by molar-refractivity contribution is 0.0525. The van der Waals surface area contributed by atoms with Gasteiger partial charge in [-0.05, 0) is 38.5 Å². The Bertz CT molecular complexity index is 911. The molecule has 1 N–H and O–H groups in total. The largest absolute Gasteiger partial charge is 0.496 e. The van der Waals surface area contributed by atoms with Crippen molar-refractivity contribution in [2.24, 2.45) is 0 Å². The standard InChI is InChI=1S/C19H20N2O3S/c1-5-24-19(22)16-11(2)17(20-12(16)3)14-10-25-18(21-14)13-8-6-7-9-15(13)23-4/h6-10,20H,5H2,1-4H3. The number of hydrogen-bond acceptors (Lipinski definition) is 5. The average Bonchev–Trinajstić information content (AvgIpc) is 3.19. The van der Waals surface area contributed by atoms with Gasteiger partial charge in [0.1, 0.15) is 10.8 Å². The lowest BCUT2D eigenvalue weighted by atomic mass is 10.1. The molecule has 0 spiro atoms. The molecule has 130 valence electrons. The minimum atomic E-state index is -0.305.